The Labute approximate surface area is 72.6 Å². The number of hydrogen-bond donors (Lipinski definition) is 1. The van der Waals surface area contributed by atoms with Crippen molar-refractivity contribution in [3.63, 3.8) is 0 Å². The highest BCUT2D eigenvalue weighted by Gasteiger charge is 2.09. The lowest BCUT2D eigenvalue weighted by molar-refractivity contribution is 0.833. The van der Waals surface area contributed by atoms with Crippen molar-refractivity contribution in [3.8, 4) is 0 Å². The Balaban J connectivity index is 3.03. The van der Waals surface area contributed by atoms with Crippen LogP contribution in [0.1, 0.15) is 25.5 Å². The van der Waals surface area contributed by atoms with Gasteiger partial charge in [-0.2, -0.15) is 0 Å². The Morgan fingerprint density at radius 1 is 1.60 bits per heavy atom. The van der Waals surface area contributed by atoms with Crippen LogP contribution in [0.4, 0.5) is 5.00 Å². The molecule has 0 amide bonds. The third-order valence-corrected chi connectivity index (χ3v) is 2.55. The second-order valence-electron chi connectivity index (χ2n) is 2.37. The lowest BCUT2D eigenvalue weighted by atomic mass is 10.1. The zero-order valence-electron chi connectivity index (χ0n) is 5.89. The molecule has 1 aromatic rings. The summed E-state index contributed by atoms with van der Waals surface area (Å²) in [6.45, 7) is 4.16. The van der Waals surface area contributed by atoms with Crippen LogP contribution in [0.25, 0.3) is 0 Å². The maximum atomic E-state index is 5.67. The summed E-state index contributed by atoms with van der Waals surface area (Å²) in [5.74, 6) is 0.419. The van der Waals surface area contributed by atoms with Gasteiger partial charge in [-0.3, -0.25) is 0 Å². The zero-order valence-corrected chi connectivity index (χ0v) is 8.29. The minimum Gasteiger partial charge on any atom is -0.389 e. The number of aromatic nitrogens is 1. The summed E-state index contributed by atoms with van der Waals surface area (Å²) in [7, 11) is 0. The van der Waals surface area contributed by atoms with Crippen LogP contribution < -0.4 is 5.73 Å². The van der Waals surface area contributed by atoms with Gasteiger partial charge in [-0.25, -0.2) is 4.98 Å². The third-order valence-electron chi connectivity index (χ3n) is 1.20. The molecule has 1 heterocycles. The molecule has 2 nitrogen and oxygen atoms in total. The van der Waals surface area contributed by atoms with Crippen molar-refractivity contribution in [1.82, 2.24) is 4.98 Å². The van der Waals surface area contributed by atoms with Crippen molar-refractivity contribution in [2.75, 3.05) is 5.73 Å². The average Bonchev–Trinajstić information content (AvgIpc) is 2.10. The first kappa shape index (κ1) is 8.01. The molecular weight excluding hydrogens is 212 g/mol. The SMILES string of the molecule is CC(C)c1nc(Br)sc1N. The summed E-state index contributed by atoms with van der Waals surface area (Å²) in [5.41, 5.74) is 6.67. The van der Waals surface area contributed by atoms with Crippen LogP contribution in [-0.2, 0) is 0 Å². The number of rotatable bonds is 1. The number of nitrogen functional groups attached to an aromatic ring is 1. The molecule has 0 unspecified atom stereocenters. The van der Waals surface area contributed by atoms with Crippen LogP contribution in [-0.4, -0.2) is 4.98 Å². The van der Waals surface area contributed by atoms with E-state index in [1.807, 2.05) is 0 Å². The number of hydrogen-bond acceptors (Lipinski definition) is 3. The lowest BCUT2D eigenvalue weighted by Crippen LogP contribution is -1.92. The normalized spacial score (nSPS) is 10.8. The van der Waals surface area contributed by atoms with E-state index in [1.54, 1.807) is 0 Å². The second kappa shape index (κ2) is 2.88. The minimum atomic E-state index is 0.419. The van der Waals surface area contributed by atoms with Crippen molar-refractivity contribution in [1.29, 1.82) is 0 Å². The zero-order chi connectivity index (χ0) is 7.72. The van der Waals surface area contributed by atoms with Gasteiger partial charge in [-0.1, -0.05) is 25.2 Å². The van der Waals surface area contributed by atoms with Gasteiger partial charge in [0.15, 0.2) is 3.92 Å². The van der Waals surface area contributed by atoms with Crippen LogP contribution in [0.5, 0.6) is 0 Å². The van der Waals surface area contributed by atoms with E-state index in [1.165, 1.54) is 11.3 Å². The summed E-state index contributed by atoms with van der Waals surface area (Å²) in [6.07, 6.45) is 0. The summed E-state index contributed by atoms with van der Waals surface area (Å²) in [5, 5.41) is 0.821. The van der Waals surface area contributed by atoms with Crippen LogP contribution in [0.15, 0.2) is 3.92 Å². The number of anilines is 1. The minimum absolute atomic E-state index is 0.419. The van der Waals surface area contributed by atoms with E-state index >= 15 is 0 Å². The fourth-order valence-corrected chi connectivity index (χ4v) is 2.15. The van der Waals surface area contributed by atoms with Crippen LogP contribution in [0.3, 0.4) is 0 Å². The fourth-order valence-electron chi connectivity index (χ4n) is 0.729. The van der Waals surface area contributed by atoms with E-state index in [9.17, 15) is 0 Å². The fraction of sp³-hybridized carbons (Fsp3) is 0.500. The van der Waals surface area contributed by atoms with Gasteiger partial charge in [0.25, 0.3) is 0 Å². The van der Waals surface area contributed by atoms with Crippen molar-refractivity contribution < 1.29 is 0 Å². The second-order valence-corrected chi connectivity index (χ2v) is 4.68. The number of halogens is 1. The molecule has 1 aromatic heterocycles. The molecule has 0 saturated heterocycles. The van der Waals surface area contributed by atoms with E-state index < -0.39 is 0 Å². The predicted molar refractivity (Wildman–Crippen MR) is 48.3 cm³/mol. The number of thiazole rings is 1. The highest BCUT2D eigenvalue weighted by molar-refractivity contribution is 9.11. The molecule has 0 aromatic carbocycles. The maximum Gasteiger partial charge on any atom is 0.161 e. The standard InChI is InChI=1S/C6H9BrN2S/c1-3(2)4-5(8)10-6(7)9-4/h3H,8H2,1-2H3. The summed E-state index contributed by atoms with van der Waals surface area (Å²) >= 11 is 4.76. The molecule has 2 N–H and O–H groups in total. The van der Waals surface area contributed by atoms with Crippen LogP contribution in [0, 0.1) is 0 Å². The van der Waals surface area contributed by atoms with E-state index in [2.05, 4.69) is 34.8 Å². The summed E-state index contributed by atoms with van der Waals surface area (Å²) in [6, 6.07) is 0. The Kier molecular flexibility index (Phi) is 2.31. The quantitative estimate of drug-likeness (QED) is 0.791. The van der Waals surface area contributed by atoms with E-state index in [4.69, 9.17) is 5.73 Å². The maximum absolute atomic E-state index is 5.67. The Morgan fingerprint density at radius 2 is 2.20 bits per heavy atom. The van der Waals surface area contributed by atoms with E-state index in [-0.39, 0.29) is 0 Å². The van der Waals surface area contributed by atoms with Gasteiger partial charge in [-0.15, -0.1) is 0 Å². The molecule has 0 aliphatic heterocycles. The van der Waals surface area contributed by atoms with Crippen molar-refractivity contribution >= 4 is 32.3 Å². The molecule has 4 heteroatoms. The molecule has 0 aliphatic rings. The lowest BCUT2D eigenvalue weighted by Gasteiger charge is -1.98. The molecule has 0 aliphatic carbocycles. The highest BCUT2D eigenvalue weighted by atomic mass is 79.9. The van der Waals surface area contributed by atoms with Gasteiger partial charge in [0, 0.05) is 0 Å². The molecule has 10 heavy (non-hydrogen) atoms. The van der Waals surface area contributed by atoms with Gasteiger partial charge < -0.3 is 5.73 Å². The van der Waals surface area contributed by atoms with Gasteiger partial charge in [-0.05, 0) is 21.8 Å². The number of nitrogens with two attached hydrogens (primary N) is 1. The van der Waals surface area contributed by atoms with Gasteiger partial charge in [0.05, 0.1) is 5.69 Å². The smallest absolute Gasteiger partial charge is 0.161 e. The summed E-state index contributed by atoms with van der Waals surface area (Å²) < 4.78 is 0.869. The van der Waals surface area contributed by atoms with Crippen molar-refractivity contribution in [2.24, 2.45) is 0 Å². The first-order valence-corrected chi connectivity index (χ1v) is 4.64. The molecule has 0 atom stereocenters. The monoisotopic (exact) mass is 220 g/mol. The van der Waals surface area contributed by atoms with Gasteiger partial charge in [0.1, 0.15) is 5.00 Å². The van der Waals surface area contributed by atoms with Gasteiger partial charge >= 0.3 is 0 Å². The molecular formula is C6H9BrN2S. The van der Waals surface area contributed by atoms with E-state index in [0.29, 0.717) is 5.92 Å². The molecule has 0 bridgehead atoms. The van der Waals surface area contributed by atoms with Crippen LogP contribution >= 0.6 is 27.3 Å². The Bertz CT molecular complexity index is 232. The van der Waals surface area contributed by atoms with E-state index in [0.717, 1.165) is 14.6 Å². The van der Waals surface area contributed by atoms with Gasteiger partial charge in [0.2, 0.25) is 0 Å². The van der Waals surface area contributed by atoms with Crippen molar-refractivity contribution in [2.45, 2.75) is 19.8 Å². The Morgan fingerprint density at radius 3 is 2.40 bits per heavy atom. The first-order valence-electron chi connectivity index (χ1n) is 3.03. The Hall–Kier alpha value is -0.0900. The predicted octanol–water partition coefficient (Wildman–Crippen LogP) is 2.61. The topological polar surface area (TPSA) is 38.9 Å². The first-order chi connectivity index (χ1) is 4.61. The van der Waals surface area contributed by atoms with Crippen LogP contribution in [0.2, 0.25) is 0 Å². The molecule has 1 rings (SSSR count). The number of nitrogens with zero attached hydrogens (tertiary/aromatic N) is 1. The molecule has 56 valence electrons. The largest absolute Gasteiger partial charge is 0.389 e. The average molecular weight is 221 g/mol. The molecule has 0 saturated carbocycles. The molecule has 0 spiro atoms. The highest BCUT2D eigenvalue weighted by Crippen LogP contribution is 2.29. The third kappa shape index (κ3) is 1.49. The molecule has 0 fully saturated rings. The summed E-state index contributed by atoms with van der Waals surface area (Å²) in [4.78, 5) is 4.22. The van der Waals surface area contributed by atoms with Crippen molar-refractivity contribution in [3.05, 3.63) is 9.61 Å². The molecule has 0 radical (unpaired) electrons.